The lowest BCUT2D eigenvalue weighted by Crippen LogP contribution is -1.95. The van der Waals surface area contributed by atoms with Crippen molar-refractivity contribution in [1.29, 1.82) is 0 Å². The van der Waals surface area contributed by atoms with Crippen LogP contribution in [0.15, 0.2) is 36.4 Å². The minimum absolute atomic E-state index is 0.414. The molecule has 1 N–H and O–H groups in total. The van der Waals surface area contributed by atoms with E-state index >= 15 is 0 Å². The van der Waals surface area contributed by atoms with Crippen molar-refractivity contribution in [2.24, 2.45) is 0 Å². The maximum absolute atomic E-state index is 10.4. The van der Waals surface area contributed by atoms with Crippen LogP contribution >= 0.6 is 0 Å². The van der Waals surface area contributed by atoms with Gasteiger partial charge in [-0.3, -0.25) is 0 Å². The average Bonchev–Trinajstić information content (AvgIpc) is 2.46. The van der Waals surface area contributed by atoms with Crippen molar-refractivity contribution in [1.82, 2.24) is 0 Å². The van der Waals surface area contributed by atoms with Gasteiger partial charge in [-0.05, 0) is 47.6 Å². The van der Waals surface area contributed by atoms with Gasteiger partial charge in [-0.2, -0.15) is 0 Å². The lowest BCUT2D eigenvalue weighted by molar-refractivity contribution is 0.476. The van der Waals surface area contributed by atoms with Gasteiger partial charge in [0.25, 0.3) is 0 Å². The standard InChI is InChI=1S/C18H22O/c1-4-13-11-15(6-3)18(17(19)12-13)16-10-8-7-9-14(16)5-2/h7-12,19H,4-6H2,1-3H3. The largest absolute Gasteiger partial charge is 0.507 e. The van der Waals surface area contributed by atoms with Crippen LogP contribution in [0, 0.1) is 0 Å². The molecule has 2 aromatic carbocycles. The number of aryl methyl sites for hydroxylation is 3. The number of rotatable bonds is 4. The normalized spacial score (nSPS) is 10.7. The molecule has 1 nitrogen and oxygen atoms in total. The zero-order valence-electron chi connectivity index (χ0n) is 12.0. The topological polar surface area (TPSA) is 20.2 Å². The smallest absolute Gasteiger partial charge is 0.123 e. The first kappa shape index (κ1) is 13.7. The van der Waals surface area contributed by atoms with Gasteiger partial charge in [-0.1, -0.05) is 51.1 Å². The fourth-order valence-electron chi connectivity index (χ4n) is 2.62. The molecular weight excluding hydrogens is 232 g/mol. The molecule has 0 aromatic heterocycles. The molecule has 0 unspecified atom stereocenters. The Morgan fingerprint density at radius 1 is 0.842 bits per heavy atom. The SMILES string of the molecule is CCc1cc(O)c(-c2ccccc2CC)c(CC)c1. The van der Waals surface area contributed by atoms with E-state index in [-0.39, 0.29) is 0 Å². The van der Waals surface area contributed by atoms with E-state index in [0.29, 0.717) is 5.75 Å². The Bertz CT molecular complexity index is 570. The van der Waals surface area contributed by atoms with E-state index in [1.54, 1.807) is 0 Å². The third kappa shape index (κ3) is 2.65. The number of benzene rings is 2. The molecule has 0 saturated carbocycles. The van der Waals surface area contributed by atoms with E-state index in [2.05, 4.69) is 45.0 Å². The van der Waals surface area contributed by atoms with Crippen molar-refractivity contribution in [3.05, 3.63) is 53.1 Å². The zero-order valence-corrected chi connectivity index (χ0v) is 12.0. The zero-order chi connectivity index (χ0) is 13.8. The van der Waals surface area contributed by atoms with Gasteiger partial charge in [0.15, 0.2) is 0 Å². The Balaban J connectivity index is 2.67. The Morgan fingerprint density at radius 2 is 1.53 bits per heavy atom. The van der Waals surface area contributed by atoms with Gasteiger partial charge in [0.05, 0.1) is 0 Å². The summed E-state index contributed by atoms with van der Waals surface area (Å²) < 4.78 is 0. The number of hydrogen-bond donors (Lipinski definition) is 1. The van der Waals surface area contributed by atoms with Crippen molar-refractivity contribution >= 4 is 0 Å². The monoisotopic (exact) mass is 254 g/mol. The first-order valence-electron chi connectivity index (χ1n) is 7.14. The van der Waals surface area contributed by atoms with Crippen LogP contribution < -0.4 is 0 Å². The Labute approximate surface area is 115 Å². The molecule has 0 heterocycles. The van der Waals surface area contributed by atoms with E-state index in [1.165, 1.54) is 22.3 Å². The maximum atomic E-state index is 10.4. The summed E-state index contributed by atoms with van der Waals surface area (Å²) in [5.74, 6) is 0.414. The van der Waals surface area contributed by atoms with E-state index in [0.717, 1.165) is 24.8 Å². The quantitative estimate of drug-likeness (QED) is 0.835. The minimum atomic E-state index is 0.414. The highest BCUT2D eigenvalue weighted by Gasteiger charge is 2.13. The van der Waals surface area contributed by atoms with Crippen LogP contribution in [0.25, 0.3) is 11.1 Å². The molecule has 0 amide bonds. The summed E-state index contributed by atoms with van der Waals surface area (Å²) in [5.41, 5.74) is 5.90. The molecule has 100 valence electrons. The lowest BCUT2D eigenvalue weighted by Gasteiger charge is -2.15. The molecule has 0 atom stereocenters. The third-order valence-corrected chi connectivity index (χ3v) is 3.72. The summed E-state index contributed by atoms with van der Waals surface area (Å²) in [4.78, 5) is 0. The average molecular weight is 254 g/mol. The predicted octanol–water partition coefficient (Wildman–Crippen LogP) is 4.75. The summed E-state index contributed by atoms with van der Waals surface area (Å²) in [7, 11) is 0. The molecule has 0 bridgehead atoms. The van der Waals surface area contributed by atoms with Crippen LogP contribution in [0.3, 0.4) is 0 Å². The van der Waals surface area contributed by atoms with Crippen LogP contribution in [0.2, 0.25) is 0 Å². The van der Waals surface area contributed by atoms with Crippen LogP contribution in [0.4, 0.5) is 0 Å². The molecule has 0 fully saturated rings. The maximum Gasteiger partial charge on any atom is 0.123 e. The highest BCUT2D eigenvalue weighted by Crippen LogP contribution is 2.36. The summed E-state index contributed by atoms with van der Waals surface area (Å²) in [6.45, 7) is 6.42. The van der Waals surface area contributed by atoms with Gasteiger partial charge in [0.1, 0.15) is 5.75 Å². The van der Waals surface area contributed by atoms with Crippen molar-refractivity contribution in [2.75, 3.05) is 0 Å². The highest BCUT2D eigenvalue weighted by atomic mass is 16.3. The van der Waals surface area contributed by atoms with E-state index in [9.17, 15) is 5.11 Å². The number of phenolic OH excluding ortho intramolecular Hbond substituents is 1. The molecule has 0 radical (unpaired) electrons. The van der Waals surface area contributed by atoms with Gasteiger partial charge >= 0.3 is 0 Å². The summed E-state index contributed by atoms with van der Waals surface area (Å²) in [6, 6.07) is 12.5. The second kappa shape index (κ2) is 5.92. The summed E-state index contributed by atoms with van der Waals surface area (Å²) in [6.07, 6.45) is 2.87. The second-order valence-corrected chi connectivity index (χ2v) is 4.87. The first-order chi connectivity index (χ1) is 9.21. The highest BCUT2D eigenvalue weighted by molar-refractivity contribution is 5.77. The molecule has 2 rings (SSSR count). The third-order valence-electron chi connectivity index (χ3n) is 3.72. The summed E-state index contributed by atoms with van der Waals surface area (Å²) in [5, 5.41) is 10.4. The summed E-state index contributed by atoms with van der Waals surface area (Å²) >= 11 is 0. The Kier molecular flexibility index (Phi) is 4.26. The Morgan fingerprint density at radius 3 is 2.16 bits per heavy atom. The van der Waals surface area contributed by atoms with Crippen molar-refractivity contribution in [2.45, 2.75) is 40.0 Å². The van der Waals surface area contributed by atoms with Crippen LogP contribution in [0.5, 0.6) is 5.75 Å². The molecule has 1 heteroatoms. The Hall–Kier alpha value is -1.76. The number of hydrogen-bond acceptors (Lipinski definition) is 1. The molecule has 0 saturated heterocycles. The van der Waals surface area contributed by atoms with Crippen molar-refractivity contribution in [3.63, 3.8) is 0 Å². The van der Waals surface area contributed by atoms with Gasteiger partial charge in [-0.25, -0.2) is 0 Å². The van der Waals surface area contributed by atoms with Gasteiger partial charge in [0, 0.05) is 5.56 Å². The van der Waals surface area contributed by atoms with Gasteiger partial charge < -0.3 is 5.11 Å². The molecule has 0 spiro atoms. The fourth-order valence-corrected chi connectivity index (χ4v) is 2.62. The molecular formula is C18H22O. The number of aromatic hydroxyl groups is 1. The molecule has 0 aliphatic heterocycles. The minimum Gasteiger partial charge on any atom is -0.507 e. The van der Waals surface area contributed by atoms with Crippen LogP contribution in [-0.4, -0.2) is 5.11 Å². The second-order valence-electron chi connectivity index (χ2n) is 4.87. The predicted molar refractivity (Wildman–Crippen MR) is 81.7 cm³/mol. The van der Waals surface area contributed by atoms with E-state index in [4.69, 9.17) is 0 Å². The van der Waals surface area contributed by atoms with Crippen molar-refractivity contribution < 1.29 is 5.11 Å². The molecule has 19 heavy (non-hydrogen) atoms. The van der Waals surface area contributed by atoms with E-state index < -0.39 is 0 Å². The van der Waals surface area contributed by atoms with Gasteiger partial charge in [-0.15, -0.1) is 0 Å². The first-order valence-corrected chi connectivity index (χ1v) is 7.14. The van der Waals surface area contributed by atoms with E-state index in [1.807, 2.05) is 12.1 Å². The fraction of sp³-hybridized carbons (Fsp3) is 0.333. The molecule has 0 aliphatic rings. The van der Waals surface area contributed by atoms with Crippen molar-refractivity contribution in [3.8, 4) is 16.9 Å². The molecule has 0 aliphatic carbocycles. The lowest BCUT2D eigenvalue weighted by atomic mass is 9.90. The number of phenols is 1. The van der Waals surface area contributed by atoms with Crippen LogP contribution in [0.1, 0.15) is 37.5 Å². The molecule has 2 aromatic rings. The van der Waals surface area contributed by atoms with Gasteiger partial charge in [0.2, 0.25) is 0 Å². The van der Waals surface area contributed by atoms with Crippen LogP contribution in [-0.2, 0) is 19.3 Å².